The third-order valence-corrected chi connectivity index (χ3v) is 3.98. The maximum Gasteiger partial charge on any atom is 0.321 e. The van der Waals surface area contributed by atoms with Crippen LogP contribution in [0.3, 0.4) is 0 Å². The van der Waals surface area contributed by atoms with Crippen molar-refractivity contribution in [3.8, 4) is 5.75 Å². The van der Waals surface area contributed by atoms with Crippen LogP contribution in [0.25, 0.3) is 0 Å². The largest absolute Gasteiger partial charge is 0.485 e. The number of nitrogens with zero attached hydrogens (tertiary/aromatic N) is 1. The number of hydrogen-bond donors (Lipinski definition) is 1. The molecule has 20 heavy (non-hydrogen) atoms. The maximum absolute atomic E-state index is 12.3. The molecule has 4 heteroatoms. The zero-order valence-electron chi connectivity index (χ0n) is 12.2. The van der Waals surface area contributed by atoms with Crippen molar-refractivity contribution in [1.29, 1.82) is 0 Å². The number of anilines is 1. The molecule has 0 saturated carbocycles. The minimum absolute atomic E-state index is 0.00796. The SMILES string of the molecule is CC1(C)Cc2cccc(NC(=O)N3CCCCC3)c2O1. The molecule has 0 spiro atoms. The van der Waals surface area contributed by atoms with Crippen LogP contribution in [0.1, 0.15) is 38.7 Å². The van der Waals surface area contributed by atoms with Gasteiger partial charge in [-0.3, -0.25) is 0 Å². The number of piperidine rings is 1. The fraction of sp³-hybridized carbons (Fsp3) is 0.562. The molecule has 0 atom stereocenters. The second-order valence-corrected chi connectivity index (χ2v) is 6.31. The zero-order chi connectivity index (χ0) is 14.2. The Balaban J connectivity index is 1.76. The molecule has 0 aromatic heterocycles. The Labute approximate surface area is 120 Å². The van der Waals surface area contributed by atoms with Gasteiger partial charge in [0, 0.05) is 25.1 Å². The number of hydrogen-bond acceptors (Lipinski definition) is 2. The van der Waals surface area contributed by atoms with Gasteiger partial charge in [0.05, 0.1) is 5.69 Å². The van der Waals surface area contributed by atoms with Crippen molar-refractivity contribution in [2.45, 2.75) is 45.1 Å². The first-order valence-electron chi connectivity index (χ1n) is 7.42. The molecule has 1 aromatic carbocycles. The van der Waals surface area contributed by atoms with Crippen LogP contribution in [0.15, 0.2) is 18.2 Å². The first-order valence-corrected chi connectivity index (χ1v) is 7.42. The summed E-state index contributed by atoms with van der Waals surface area (Å²) in [6, 6.07) is 5.96. The molecular formula is C16H22N2O2. The number of fused-ring (bicyclic) bond motifs is 1. The predicted molar refractivity (Wildman–Crippen MR) is 79.3 cm³/mol. The summed E-state index contributed by atoms with van der Waals surface area (Å²) in [5.74, 6) is 0.836. The molecule has 2 aliphatic rings. The van der Waals surface area contributed by atoms with E-state index < -0.39 is 0 Å². The van der Waals surface area contributed by atoms with Crippen LogP contribution in [-0.4, -0.2) is 29.6 Å². The molecule has 4 nitrogen and oxygen atoms in total. The van der Waals surface area contributed by atoms with E-state index in [4.69, 9.17) is 4.74 Å². The Kier molecular flexibility index (Phi) is 3.32. The van der Waals surface area contributed by atoms with E-state index in [0.29, 0.717) is 0 Å². The average molecular weight is 274 g/mol. The van der Waals surface area contributed by atoms with E-state index in [0.717, 1.165) is 43.8 Å². The molecule has 2 aliphatic heterocycles. The van der Waals surface area contributed by atoms with E-state index in [9.17, 15) is 4.79 Å². The third-order valence-electron chi connectivity index (χ3n) is 3.98. The van der Waals surface area contributed by atoms with E-state index in [1.54, 1.807) is 0 Å². The Morgan fingerprint density at radius 2 is 2.00 bits per heavy atom. The highest BCUT2D eigenvalue weighted by Crippen LogP contribution is 2.40. The van der Waals surface area contributed by atoms with Crippen molar-refractivity contribution < 1.29 is 9.53 Å². The van der Waals surface area contributed by atoms with Gasteiger partial charge in [-0.25, -0.2) is 4.79 Å². The standard InChI is InChI=1S/C16H22N2O2/c1-16(2)11-12-7-6-8-13(14(12)20-16)17-15(19)18-9-4-3-5-10-18/h6-8H,3-5,9-11H2,1-2H3,(H,17,19). The van der Waals surface area contributed by atoms with Gasteiger partial charge in [0.1, 0.15) is 11.4 Å². The molecule has 3 rings (SSSR count). The fourth-order valence-corrected chi connectivity index (χ4v) is 3.01. The average Bonchev–Trinajstić information content (AvgIpc) is 2.75. The predicted octanol–water partition coefficient (Wildman–Crippen LogP) is 3.42. The Hall–Kier alpha value is -1.71. The number of carbonyl (C=O) groups is 1. The van der Waals surface area contributed by atoms with Crippen molar-refractivity contribution >= 4 is 11.7 Å². The van der Waals surface area contributed by atoms with Gasteiger partial charge >= 0.3 is 6.03 Å². The number of ether oxygens (including phenoxy) is 1. The lowest BCUT2D eigenvalue weighted by atomic mass is 10.0. The number of para-hydroxylation sites is 1. The number of carbonyl (C=O) groups excluding carboxylic acids is 1. The van der Waals surface area contributed by atoms with Gasteiger partial charge < -0.3 is 15.0 Å². The van der Waals surface area contributed by atoms with Crippen LogP contribution in [0.4, 0.5) is 10.5 Å². The summed E-state index contributed by atoms with van der Waals surface area (Å²) >= 11 is 0. The van der Waals surface area contributed by atoms with Gasteiger partial charge in [-0.2, -0.15) is 0 Å². The van der Waals surface area contributed by atoms with Gasteiger partial charge in [0.15, 0.2) is 0 Å². The molecule has 1 N–H and O–H groups in total. The normalized spacial score (nSPS) is 20.2. The minimum Gasteiger partial charge on any atom is -0.485 e. The Morgan fingerprint density at radius 3 is 2.75 bits per heavy atom. The number of urea groups is 1. The topological polar surface area (TPSA) is 41.6 Å². The van der Waals surface area contributed by atoms with Crippen molar-refractivity contribution in [2.24, 2.45) is 0 Å². The first-order chi connectivity index (χ1) is 9.55. The van der Waals surface area contributed by atoms with E-state index in [-0.39, 0.29) is 11.6 Å². The highest BCUT2D eigenvalue weighted by atomic mass is 16.5. The lowest BCUT2D eigenvalue weighted by Crippen LogP contribution is -2.38. The van der Waals surface area contributed by atoms with Crippen molar-refractivity contribution in [3.63, 3.8) is 0 Å². The number of rotatable bonds is 1. The molecule has 1 fully saturated rings. The summed E-state index contributed by atoms with van der Waals surface area (Å²) < 4.78 is 5.98. The van der Waals surface area contributed by atoms with Gasteiger partial charge in [0.2, 0.25) is 0 Å². The lowest BCUT2D eigenvalue weighted by Gasteiger charge is -2.27. The molecule has 1 saturated heterocycles. The van der Waals surface area contributed by atoms with Gasteiger partial charge in [-0.05, 0) is 39.2 Å². The second-order valence-electron chi connectivity index (χ2n) is 6.31. The number of amides is 2. The number of nitrogens with one attached hydrogen (secondary N) is 1. The van der Waals surface area contributed by atoms with Crippen LogP contribution >= 0.6 is 0 Å². The van der Waals surface area contributed by atoms with Crippen molar-refractivity contribution in [3.05, 3.63) is 23.8 Å². The highest BCUT2D eigenvalue weighted by Gasteiger charge is 2.32. The highest BCUT2D eigenvalue weighted by molar-refractivity contribution is 5.91. The third kappa shape index (κ3) is 2.60. The van der Waals surface area contributed by atoms with E-state index in [1.165, 1.54) is 12.0 Å². The zero-order valence-corrected chi connectivity index (χ0v) is 12.2. The molecule has 1 aromatic rings. The quantitative estimate of drug-likeness (QED) is 0.852. The van der Waals surface area contributed by atoms with Crippen LogP contribution in [-0.2, 0) is 6.42 Å². The molecule has 0 unspecified atom stereocenters. The molecule has 0 bridgehead atoms. The summed E-state index contributed by atoms with van der Waals surface area (Å²) in [5, 5.41) is 3.01. The summed E-state index contributed by atoms with van der Waals surface area (Å²) in [4.78, 5) is 14.2. The molecule has 0 aliphatic carbocycles. The van der Waals surface area contributed by atoms with Crippen LogP contribution in [0, 0.1) is 0 Å². The lowest BCUT2D eigenvalue weighted by molar-refractivity contribution is 0.139. The smallest absolute Gasteiger partial charge is 0.321 e. The Morgan fingerprint density at radius 1 is 1.25 bits per heavy atom. The fourth-order valence-electron chi connectivity index (χ4n) is 3.01. The summed E-state index contributed by atoms with van der Waals surface area (Å²) in [6.45, 7) is 5.85. The van der Waals surface area contributed by atoms with Crippen LogP contribution in [0.2, 0.25) is 0 Å². The molecule has 108 valence electrons. The first kappa shape index (κ1) is 13.3. The van der Waals surface area contributed by atoms with Gasteiger partial charge in [-0.15, -0.1) is 0 Å². The maximum atomic E-state index is 12.3. The van der Waals surface area contributed by atoms with E-state index >= 15 is 0 Å². The Bertz CT molecular complexity index is 519. The van der Waals surface area contributed by atoms with E-state index in [2.05, 4.69) is 25.2 Å². The van der Waals surface area contributed by atoms with Gasteiger partial charge in [0.25, 0.3) is 0 Å². The van der Waals surface area contributed by atoms with Crippen molar-refractivity contribution in [2.75, 3.05) is 18.4 Å². The monoisotopic (exact) mass is 274 g/mol. The molecule has 2 amide bonds. The summed E-state index contributed by atoms with van der Waals surface area (Å²) in [5.41, 5.74) is 1.78. The van der Waals surface area contributed by atoms with Crippen LogP contribution < -0.4 is 10.1 Å². The van der Waals surface area contributed by atoms with Crippen molar-refractivity contribution in [1.82, 2.24) is 4.90 Å². The second kappa shape index (κ2) is 5.00. The van der Waals surface area contributed by atoms with E-state index in [1.807, 2.05) is 17.0 Å². The molecular weight excluding hydrogens is 252 g/mol. The number of benzene rings is 1. The number of likely N-dealkylation sites (tertiary alicyclic amines) is 1. The minimum atomic E-state index is -0.186. The van der Waals surface area contributed by atoms with Gasteiger partial charge in [-0.1, -0.05) is 12.1 Å². The summed E-state index contributed by atoms with van der Waals surface area (Å²) in [7, 11) is 0. The summed E-state index contributed by atoms with van der Waals surface area (Å²) in [6.07, 6.45) is 4.31. The molecule has 0 radical (unpaired) electrons. The van der Waals surface area contributed by atoms with Crippen LogP contribution in [0.5, 0.6) is 5.75 Å². The molecule has 2 heterocycles.